The predicted molar refractivity (Wildman–Crippen MR) is 95.2 cm³/mol. The zero-order valence-electron chi connectivity index (χ0n) is 15.2. The topological polar surface area (TPSA) is 50.8 Å². The van der Waals surface area contributed by atoms with Crippen molar-refractivity contribution in [1.29, 1.82) is 0 Å². The highest BCUT2D eigenvalue weighted by molar-refractivity contribution is 7.12. The summed E-state index contributed by atoms with van der Waals surface area (Å²) in [4.78, 5) is 16.6. The number of carbonyl (C=O) groups excluding carboxylic acids is 1. The molecule has 1 aromatic rings. The molecule has 132 valence electrons. The van der Waals surface area contributed by atoms with Crippen molar-refractivity contribution < 1.29 is 14.3 Å². The number of aryl methyl sites for hydroxylation is 2. The summed E-state index contributed by atoms with van der Waals surface area (Å²) in [6, 6.07) is 2.21. The molecule has 1 rings (SSSR count). The van der Waals surface area contributed by atoms with Crippen molar-refractivity contribution in [1.82, 2.24) is 10.2 Å². The first-order chi connectivity index (χ1) is 10.7. The molecule has 5 nitrogen and oxygen atoms in total. The molecule has 1 N–H and O–H groups in total. The maximum absolute atomic E-state index is 12.2. The lowest BCUT2D eigenvalue weighted by Gasteiger charge is -2.27. The summed E-state index contributed by atoms with van der Waals surface area (Å²) in [6.07, 6.45) is -0.293. The number of hydrogen-bond acceptors (Lipinski definition) is 5. The predicted octanol–water partition coefficient (Wildman–Crippen LogP) is 3.34. The normalized spacial score (nSPS) is 11.6. The zero-order valence-corrected chi connectivity index (χ0v) is 16.0. The maximum Gasteiger partial charge on any atom is 0.410 e. The second-order valence-corrected chi connectivity index (χ2v) is 8.04. The number of carbonyl (C=O) groups is 1. The Morgan fingerprint density at radius 1 is 1.30 bits per heavy atom. The molecule has 1 aromatic heterocycles. The van der Waals surface area contributed by atoms with E-state index in [-0.39, 0.29) is 6.09 Å². The second kappa shape index (κ2) is 9.25. The number of methoxy groups -OCH3 is 1. The van der Waals surface area contributed by atoms with Crippen molar-refractivity contribution in [2.75, 3.05) is 33.4 Å². The van der Waals surface area contributed by atoms with Crippen LogP contribution in [0.5, 0.6) is 0 Å². The van der Waals surface area contributed by atoms with E-state index >= 15 is 0 Å². The lowest BCUT2D eigenvalue weighted by molar-refractivity contribution is 0.0204. The highest BCUT2D eigenvalue weighted by atomic mass is 32.1. The number of thiophene rings is 1. The van der Waals surface area contributed by atoms with Gasteiger partial charge in [0.05, 0.1) is 6.61 Å². The molecule has 0 saturated carbocycles. The summed E-state index contributed by atoms with van der Waals surface area (Å²) in [7, 11) is 1.63. The zero-order chi connectivity index (χ0) is 17.5. The Morgan fingerprint density at radius 3 is 2.52 bits per heavy atom. The third-order valence-corrected chi connectivity index (χ3v) is 4.24. The molecule has 0 spiro atoms. The minimum Gasteiger partial charge on any atom is -0.444 e. The molecule has 0 fully saturated rings. The Hall–Kier alpha value is -1.11. The smallest absolute Gasteiger partial charge is 0.410 e. The average Bonchev–Trinajstić information content (AvgIpc) is 2.74. The van der Waals surface area contributed by atoms with Gasteiger partial charge in [0, 0.05) is 43.0 Å². The van der Waals surface area contributed by atoms with E-state index < -0.39 is 5.60 Å². The molecular formula is C17H30N2O3S. The quantitative estimate of drug-likeness (QED) is 0.736. The monoisotopic (exact) mass is 342 g/mol. The van der Waals surface area contributed by atoms with Crippen LogP contribution in [0.3, 0.4) is 0 Å². The van der Waals surface area contributed by atoms with Gasteiger partial charge in [0.15, 0.2) is 0 Å². The molecule has 0 unspecified atom stereocenters. The molecule has 0 aromatic carbocycles. The van der Waals surface area contributed by atoms with E-state index in [1.807, 2.05) is 32.1 Å². The van der Waals surface area contributed by atoms with Crippen LogP contribution in [0.25, 0.3) is 0 Å². The molecule has 0 aliphatic carbocycles. The summed E-state index contributed by atoms with van der Waals surface area (Å²) in [5.74, 6) is 0. The number of nitrogens with one attached hydrogen (secondary N) is 1. The first-order valence-electron chi connectivity index (χ1n) is 7.96. The fourth-order valence-corrected chi connectivity index (χ4v) is 3.06. The van der Waals surface area contributed by atoms with E-state index in [1.54, 1.807) is 12.0 Å². The van der Waals surface area contributed by atoms with Gasteiger partial charge >= 0.3 is 6.09 Å². The number of nitrogens with zero attached hydrogens (tertiary/aromatic N) is 1. The van der Waals surface area contributed by atoms with Crippen LogP contribution in [0, 0.1) is 13.8 Å². The van der Waals surface area contributed by atoms with Gasteiger partial charge in [0.25, 0.3) is 0 Å². The molecule has 0 aliphatic rings. The van der Waals surface area contributed by atoms with Gasteiger partial charge in [-0.2, -0.15) is 0 Å². The average molecular weight is 343 g/mol. The molecule has 0 radical (unpaired) electrons. The third kappa shape index (κ3) is 7.81. The molecule has 0 atom stereocenters. The van der Waals surface area contributed by atoms with Crippen LogP contribution in [0.15, 0.2) is 6.07 Å². The van der Waals surface area contributed by atoms with Crippen LogP contribution in [-0.2, 0) is 16.0 Å². The van der Waals surface area contributed by atoms with Crippen LogP contribution in [0.1, 0.15) is 36.1 Å². The van der Waals surface area contributed by atoms with Gasteiger partial charge in [-0.05, 0) is 46.2 Å². The molecule has 0 bridgehead atoms. The van der Waals surface area contributed by atoms with Gasteiger partial charge in [0.1, 0.15) is 5.60 Å². The summed E-state index contributed by atoms with van der Waals surface area (Å²) >= 11 is 1.81. The van der Waals surface area contributed by atoms with Gasteiger partial charge in [-0.25, -0.2) is 4.79 Å². The van der Waals surface area contributed by atoms with Crippen molar-refractivity contribution in [3.8, 4) is 0 Å². The second-order valence-electron chi connectivity index (χ2n) is 6.58. The Labute approximate surface area is 144 Å². The van der Waals surface area contributed by atoms with Crippen LogP contribution >= 0.6 is 11.3 Å². The SMILES string of the molecule is COCCN(CCNCc1cc(C)sc1C)C(=O)OC(C)(C)C. The largest absolute Gasteiger partial charge is 0.444 e. The number of ether oxygens (including phenoxy) is 2. The first-order valence-corrected chi connectivity index (χ1v) is 8.78. The Kier molecular flexibility index (Phi) is 8.02. The molecule has 23 heavy (non-hydrogen) atoms. The van der Waals surface area contributed by atoms with Crippen molar-refractivity contribution in [3.63, 3.8) is 0 Å². The fraction of sp³-hybridized carbons (Fsp3) is 0.706. The standard InChI is InChI=1S/C17H30N2O3S/c1-13-11-15(14(2)23-13)12-18-7-8-19(9-10-21-6)16(20)22-17(3,4)5/h11,18H,7-10,12H2,1-6H3. The van der Waals surface area contributed by atoms with Gasteiger partial charge in [-0.1, -0.05) is 0 Å². The lowest BCUT2D eigenvalue weighted by Crippen LogP contribution is -2.42. The van der Waals surface area contributed by atoms with E-state index in [1.165, 1.54) is 15.3 Å². The van der Waals surface area contributed by atoms with E-state index in [2.05, 4.69) is 25.2 Å². The van der Waals surface area contributed by atoms with Gasteiger partial charge in [-0.3, -0.25) is 0 Å². The number of rotatable bonds is 8. The summed E-state index contributed by atoms with van der Waals surface area (Å²) < 4.78 is 10.5. The van der Waals surface area contributed by atoms with Gasteiger partial charge < -0.3 is 19.7 Å². The first kappa shape index (κ1) is 19.9. The third-order valence-electron chi connectivity index (χ3n) is 3.23. The number of amides is 1. The van der Waals surface area contributed by atoms with E-state index in [0.29, 0.717) is 19.7 Å². The van der Waals surface area contributed by atoms with E-state index in [0.717, 1.165) is 13.1 Å². The minimum absolute atomic E-state index is 0.293. The van der Waals surface area contributed by atoms with Crippen LogP contribution < -0.4 is 5.32 Å². The molecule has 1 heterocycles. The van der Waals surface area contributed by atoms with E-state index in [4.69, 9.17) is 9.47 Å². The summed E-state index contributed by atoms with van der Waals surface area (Å²) in [5.41, 5.74) is 0.842. The van der Waals surface area contributed by atoms with Crippen LogP contribution in [0.4, 0.5) is 4.79 Å². The Bertz CT molecular complexity index is 495. The lowest BCUT2D eigenvalue weighted by atomic mass is 10.2. The van der Waals surface area contributed by atoms with Crippen LogP contribution in [0.2, 0.25) is 0 Å². The molecular weight excluding hydrogens is 312 g/mol. The summed E-state index contributed by atoms with van der Waals surface area (Å²) in [6.45, 7) is 13.1. The van der Waals surface area contributed by atoms with Crippen molar-refractivity contribution in [2.24, 2.45) is 0 Å². The molecule has 0 saturated heterocycles. The Morgan fingerprint density at radius 2 is 2.00 bits per heavy atom. The fourth-order valence-electron chi connectivity index (χ4n) is 2.12. The van der Waals surface area contributed by atoms with Crippen molar-refractivity contribution in [3.05, 3.63) is 21.4 Å². The van der Waals surface area contributed by atoms with E-state index in [9.17, 15) is 4.79 Å². The van der Waals surface area contributed by atoms with Crippen molar-refractivity contribution >= 4 is 17.4 Å². The minimum atomic E-state index is -0.485. The number of hydrogen-bond donors (Lipinski definition) is 1. The van der Waals surface area contributed by atoms with Crippen molar-refractivity contribution in [2.45, 2.75) is 46.8 Å². The molecule has 6 heteroatoms. The highest BCUT2D eigenvalue weighted by Crippen LogP contribution is 2.20. The van der Waals surface area contributed by atoms with Crippen LogP contribution in [-0.4, -0.2) is 49.9 Å². The summed E-state index contributed by atoms with van der Waals surface area (Å²) in [5, 5.41) is 3.40. The Balaban J connectivity index is 2.44. The van der Waals surface area contributed by atoms with Gasteiger partial charge in [-0.15, -0.1) is 11.3 Å². The highest BCUT2D eigenvalue weighted by Gasteiger charge is 2.21. The molecule has 1 amide bonds. The molecule has 0 aliphatic heterocycles. The van der Waals surface area contributed by atoms with Gasteiger partial charge in [0.2, 0.25) is 0 Å². The maximum atomic E-state index is 12.2.